The molecule has 2 nitrogen and oxygen atoms in total. The van der Waals surface area contributed by atoms with E-state index in [1.165, 1.54) is 0 Å². The zero-order valence-electron chi connectivity index (χ0n) is 9.40. The third kappa shape index (κ3) is 1.16. The molecule has 0 saturated heterocycles. The standard InChI is InChI=1S/C6H7FN2/c1-4-2-6(8)9-3-5(4)7/h2-3H,1H3,(H2,8,9)/i1D3,2D,3D. The third-order valence-electron chi connectivity index (χ3n) is 0.747. The van der Waals surface area contributed by atoms with Crippen LogP contribution in [0.15, 0.2) is 12.2 Å². The normalized spacial score (nSPS) is 19.0. The van der Waals surface area contributed by atoms with Gasteiger partial charge < -0.3 is 5.73 Å². The van der Waals surface area contributed by atoms with Crippen LogP contribution in [0, 0.1) is 12.7 Å². The van der Waals surface area contributed by atoms with Gasteiger partial charge in [-0.2, -0.15) is 0 Å². The number of pyridine rings is 1. The minimum absolute atomic E-state index is 0.456. The zero-order chi connectivity index (χ0) is 11.1. The average Bonchev–Trinajstić information content (AvgIpc) is 1.98. The van der Waals surface area contributed by atoms with Crippen molar-refractivity contribution in [2.75, 3.05) is 5.73 Å². The number of nitrogens with zero attached hydrogens (tertiary/aromatic N) is 1. The summed E-state index contributed by atoms with van der Waals surface area (Å²) in [4.78, 5) is 3.18. The number of hydrogen-bond donors (Lipinski definition) is 1. The Bertz CT molecular complexity index is 349. The maximum atomic E-state index is 13.2. The second-order valence-electron chi connectivity index (χ2n) is 1.42. The molecule has 0 aliphatic heterocycles. The SMILES string of the molecule is [2H]c1nc(N)c([2H])c(C([2H])([2H])[2H])c1F. The van der Waals surface area contributed by atoms with Gasteiger partial charge in [-0.05, 0) is 18.5 Å². The fraction of sp³-hybridized carbons (Fsp3) is 0.167. The summed E-state index contributed by atoms with van der Waals surface area (Å²) in [6.07, 6.45) is -0.857. The highest BCUT2D eigenvalue weighted by atomic mass is 19.1. The first kappa shape index (κ1) is 2.25. The van der Waals surface area contributed by atoms with Crippen molar-refractivity contribution in [1.82, 2.24) is 4.98 Å². The molecule has 2 N–H and O–H groups in total. The van der Waals surface area contributed by atoms with Gasteiger partial charge in [0.05, 0.1) is 8.91 Å². The molecule has 1 aromatic heterocycles. The summed E-state index contributed by atoms with van der Waals surface area (Å²) in [6.45, 7) is -2.80. The molecule has 1 aromatic rings. The lowest BCUT2D eigenvalue weighted by molar-refractivity contribution is 0.612. The van der Waals surface area contributed by atoms with Gasteiger partial charge in [-0.15, -0.1) is 0 Å². The van der Waals surface area contributed by atoms with Crippen molar-refractivity contribution in [3.63, 3.8) is 0 Å². The predicted molar refractivity (Wildman–Crippen MR) is 33.3 cm³/mol. The van der Waals surface area contributed by atoms with E-state index in [0.717, 1.165) is 0 Å². The molecule has 0 saturated carbocycles. The summed E-state index contributed by atoms with van der Waals surface area (Å²) in [5.74, 6) is -1.77. The van der Waals surface area contributed by atoms with Crippen molar-refractivity contribution in [1.29, 1.82) is 0 Å². The molecular weight excluding hydrogens is 119 g/mol. The van der Waals surface area contributed by atoms with Crippen LogP contribution < -0.4 is 5.73 Å². The van der Waals surface area contributed by atoms with Crippen molar-refractivity contribution < 1.29 is 11.2 Å². The minimum atomic E-state index is -2.80. The first-order chi connectivity index (χ1) is 6.25. The molecule has 0 atom stereocenters. The monoisotopic (exact) mass is 131 g/mol. The summed E-state index contributed by atoms with van der Waals surface area (Å²) in [5, 5.41) is 0. The lowest BCUT2D eigenvalue weighted by atomic mass is 10.3. The number of nitrogen functional groups attached to an aromatic ring is 1. The fourth-order valence-corrected chi connectivity index (χ4v) is 0.376. The van der Waals surface area contributed by atoms with E-state index in [-0.39, 0.29) is 0 Å². The average molecular weight is 131 g/mol. The second kappa shape index (κ2) is 2.01. The van der Waals surface area contributed by atoms with Crippen molar-refractivity contribution in [3.8, 4) is 0 Å². The third-order valence-corrected chi connectivity index (χ3v) is 0.747. The van der Waals surface area contributed by atoms with Crippen molar-refractivity contribution >= 4 is 5.82 Å². The van der Waals surface area contributed by atoms with Crippen LogP contribution in [0.25, 0.3) is 0 Å². The number of hydrogen-bond acceptors (Lipinski definition) is 2. The Morgan fingerprint density at radius 1 is 2.00 bits per heavy atom. The van der Waals surface area contributed by atoms with Crippen LogP contribution in [-0.4, -0.2) is 4.98 Å². The van der Waals surface area contributed by atoms with Crippen LogP contribution in [0.2, 0.25) is 0 Å². The van der Waals surface area contributed by atoms with Gasteiger partial charge in [0.25, 0.3) is 0 Å². The Kier molecular flexibility index (Phi) is 0.502. The minimum Gasteiger partial charge on any atom is -0.384 e. The van der Waals surface area contributed by atoms with Gasteiger partial charge in [-0.25, -0.2) is 9.37 Å². The number of nitrogens with two attached hydrogens (primary N) is 1. The highest BCUT2D eigenvalue weighted by Crippen LogP contribution is 2.05. The van der Waals surface area contributed by atoms with Crippen molar-refractivity contribution in [3.05, 3.63) is 23.6 Å². The fourth-order valence-electron chi connectivity index (χ4n) is 0.376. The maximum Gasteiger partial charge on any atom is 0.144 e. The maximum absolute atomic E-state index is 13.2. The van der Waals surface area contributed by atoms with Gasteiger partial charge >= 0.3 is 0 Å². The quantitative estimate of drug-likeness (QED) is 0.572. The van der Waals surface area contributed by atoms with Crippen LogP contribution in [-0.2, 0) is 0 Å². The van der Waals surface area contributed by atoms with Crippen LogP contribution >= 0.6 is 0 Å². The molecule has 0 aliphatic carbocycles. The van der Waals surface area contributed by atoms with E-state index < -0.39 is 36.3 Å². The zero-order valence-corrected chi connectivity index (χ0v) is 4.40. The van der Waals surface area contributed by atoms with Gasteiger partial charge in [-0.1, -0.05) is 0 Å². The number of rotatable bonds is 0. The molecule has 1 rings (SSSR count). The van der Waals surface area contributed by atoms with Crippen molar-refractivity contribution in [2.24, 2.45) is 0 Å². The lowest BCUT2D eigenvalue weighted by Gasteiger charge is -1.94. The Morgan fingerprint density at radius 2 is 2.78 bits per heavy atom. The molecule has 0 spiro atoms. The Balaban J connectivity index is 3.56. The highest BCUT2D eigenvalue weighted by Gasteiger charge is 1.94. The van der Waals surface area contributed by atoms with Gasteiger partial charge in [-0.3, -0.25) is 0 Å². The first-order valence-electron chi connectivity index (χ1n) is 4.67. The molecule has 48 valence electrons. The molecule has 0 unspecified atom stereocenters. The Labute approximate surface area is 59.5 Å². The molecule has 0 aliphatic rings. The predicted octanol–water partition coefficient (Wildman–Crippen LogP) is 1.11. The van der Waals surface area contributed by atoms with E-state index in [4.69, 9.17) is 12.6 Å². The molecule has 0 fully saturated rings. The number of anilines is 1. The highest BCUT2D eigenvalue weighted by molar-refractivity contribution is 5.31. The summed E-state index contributed by atoms with van der Waals surface area (Å²) >= 11 is 0. The van der Waals surface area contributed by atoms with Gasteiger partial charge in [0.1, 0.15) is 11.6 Å². The van der Waals surface area contributed by atoms with Gasteiger partial charge in [0.15, 0.2) is 0 Å². The van der Waals surface area contributed by atoms with E-state index in [9.17, 15) is 4.39 Å². The molecule has 0 aromatic carbocycles. The smallest absolute Gasteiger partial charge is 0.144 e. The van der Waals surface area contributed by atoms with Crippen LogP contribution in [0.1, 0.15) is 12.4 Å². The van der Waals surface area contributed by atoms with Gasteiger partial charge in [0.2, 0.25) is 0 Å². The van der Waals surface area contributed by atoms with E-state index in [2.05, 4.69) is 4.98 Å². The van der Waals surface area contributed by atoms with Crippen LogP contribution in [0.4, 0.5) is 10.2 Å². The molecule has 9 heavy (non-hydrogen) atoms. The largest absolute Gasteiger partial charge is 0.384 e. The second-order valence-corrected chi connectivity index (χ2v) is 1.42. The van der Waals surface area contributed by atoms with Gasteiger partial charge in [0, 0.05) is 4.11 Å². The molecule has 0 bridgehead atoms. The Morgan fingerprint density at radius 3 is 3.44 bits per heavy atom. The van der Waals surface area contributed by atoms with E-state index in [1.54, 1.807) is 0 Å². The first-order valence-corrected chi connectivity index (χ1v) is 2.17. The van der Waals surface area contributed by atoms with E-state index in [1.807, 2.05) is 0 Å². The van der Waals surface area contributed by atoms with Crippen LogP contribution in [0.5, 0.6) is 0 Å². The number of aromatic nitrogens is 1. The summed E-state index contributed by atoms with van der Waals surface area (Å²) in [5.41, 5.74) is 4.30. The molecule has 0 radical (unpaired) electrons. The molecule has 3 heteroatoms. The van der Waals surface area contributed by atoms with E-state index >= 15 is 0 Å². The lowest BCUT2D eigenvalue weighted by Crippen LogP contribution is -1.91. The molecule has 0 amide bonds. The Hall–Kier alpha value is -1.12. The number of halogens is 1. The van der Waals surface area contributed by atoms with Crippen molar-refractivity contribution in [2.45, 2.75) is 6.85 Å². The summed E-state index contributed by atoms with van der Waals surface area (Å²) in [6, 6.07) is -0.682. The topological polar surface area (TPSA) is 38.9 Å². The summed E-state index contributed by atoms with van der Waals surface area (Å²) < 4.78 is 48.2. The summed E-state index contributed by atoms with van der Waals surface area (Å²) in [7, 11) is 0. The molecule has 1 heterocycles. The molecular formula is C6H7FN2. The van der Waals surface area contributed by atoms with Crippen LogP contribution in [0.3, 0.4) is 0 Å². The van der Waals surface area contributed by atoms with E-state index in [0.29, 0.717) is 0 Å².